The molecule has 0 saturated heterocycles. The molecule has 6 nitrogen and oxygen atoms in total. The molecule has 0 fully saturated rings. The third-order valence-corrected chi connectivity index (χ3v) is 2.92. The lowest BCUT2D eigenvalue weighted by molar-refractivity contribution is -0.131. The molecule has 1 heterocycles. The van der Waals surface area contributed by atoms with Gasteiger partial charge in [0.2, 0.25) is 5.91 Å². The Balaban J connectivity index is 2.51. The second-order valence-corrected chi connectivity index (χ2v) is 4.93. The first-order chi connectivity index (χ1) is 8.36. The fourth-order valence-corrected chi connectivity index (χ4v) is 1.76. The van der Waals surface area contributed by atoms with E-state index in [1.807, 2.05) is 0 Å². The standard InChI is InChI=1S/C12H22N4O2/c1-4-10(17)12(2,3)16-11(18)9(13)5-8-6-14-7-15-8/h6,9,14-15H,4-5,7,13H2,1-3H3,(H,16,18)/t9-/m0/s1. The molecule has 0 unspecified atom stereocenters. The van der Waals surface area contributed by atoms with E-state index in [2.05, 4.69) is 16.0 Å². The third kappa shape index (κ3) is 3.73. The van der Waals surface area contributed by atoms with Crippen LogP contribution in [-0.2, 0) is 9.59 Å². The van der Waals surface area contributed by atoms with Crippen LogP contribution in [0.5, 0.6) is 0 Å². The molecule has 0 bridgehead atoms. The van der Waals surface area contributed by atoms with Crippen molar-refractivity contribution in [2.45, 2.75) is 45.2 Å². The van der Waals surface area contributed by atoms with Crippen molar-refractivity contribution in [2.75, 3.05) is 6.67 Å². The average Bonchev–Trinajstić information content (AvgIpc) is 2.79. The van der Waals surface area contributed by atoms with Crippen LogP contribution in [-0.4, -0.2) is 29.9 Å². The third-order valence-electron chi connectivity index (χ3n) is 2.92. The van der Waals surface area contributed by atoms with E-state index >= 15 is 0 Å². The normalized spacial score (nSPS) is 16.3. The quantitative estimate of drug-likeness (QED) is 0.516. The highest BCUT2D eigenvalue weighted by molar-refractivity contribution is 5.93. The molecule has 18 heavy (non-hydrogen) atoms. The van der Waals surface area contributed by atoms with Crippen molar-refractivity contribution < 1.29 is 9.59 Å². The highest BCUT2D eigenvalue weighted by Crippen LogP contribution is 2.09. The van der Waals surface area contributed by atoms with Gasteiger partial charge in [-0.25, -0.2) is 0 Å². The molecule has 0 radical (unpaired) electrons. The van der Waals surface area contributed by atoms with Crippen LogP contribution >= 0.6 is 0 Å². The van der Waals surface area contributed by atoms with Crippen molar-refractivity contribution in [3.05, 3.63) is 11.9 Å². The summed E-state index contributed by atoms with van der Waals surface area (Å²) in [5.41, 5.74) is 5.85. The van der Waals surface area contributed by atoms with Crippen molar-refractivity contribution in [3.63, 3.8) is 0 Å². The van der Waals surface area contributed by atoms with E-state index in [0.717, 1.165) is 5.70 Å². The molecule has 0 aromatic rings. The fraction of sp³-hybridized carbons (Fsp3) is 0.667. The Labute approximate surface area is 107 Å². The second kappa shape index (κ2) is 5.86. The van der Waals surface area contributed by atoms with E-state index in [9.17, 15) is 9.59 Å². The number of Topliss-reactive ketones (excluding diaryl/α,β-unsaturated/α-hetero) is 1. The molecule has 102 valence electrons. The maximum absolute atomic E-state index is 11.9. The average molecular weight is 254 g/mol. The van der Waals surface area contributed by atoms with Gasteiger partial charge < -0.3 is 21.7 Å². The smallest absolute Gasteiger partial charge is 0.238 e. The maximum atomic E-state index is 11.9. The predicted octanol–water partition coefficient (Wildman–Crippen LogP) is -0.431. The van der Waals surface area contributed by atoms with Crippen LogP contribution < -0.4 is 21.7 Å². The molecule has 1 amide bonds. The molecule has 0 aromatic heterocycles. The molecule has 0 aliphatic carbocycles. The molecule has 6 heteroatoms. The summed E-state index contributed by atoms with van der Waals surface area (Å²) in [5.74, 6) is -0.320. The summed E-state index contributed by atoms with van der Waals surface area (Å²) >= 11 is 0. The van der Waals surface area contributed by atoms with Crippen LogP contribution in [0.2, 0.25) is 0 Å². The SMILES string of the molecule is CCC(=O)C(C)(C)NC(=O)[C@@H](N)CC1=CNCN1. The lowest BCUT2D eigenvalue weighted by atomic mass is 9.96. The molecular formula is C12H22N4O2. The minimum atomic E-state index is -0.862. The summed E-state index contributed by atoms with van der Waals surface area (Å²) in [6.07, 6.45) is 2.61. The molecule has 1 aliphatic rings. The summed E-state index contributed by atoms with van der Waals surface area (Å²) in [5, 5.41) is 8.73. The predicted molar refractivity (Wildman–Crippen MR) is 69.3 cm³/mol. The van der Waals surface area contributed by atoms with E-state index in [0.29, 0.717) is 19.5 Å². The minimum absolute atomic E-state index is 0.0112. The van der Waals surface area contributed by atoms with Crippen LogP contribution in [0.15, 0.2) is 11.9 Å². The summed E-state index contributed by atoms with van der Waals surface area (Å²) in [7, 11) is 0. The zero-order valence-electron chi connectivity index (χ0n) is 11.2. The first kappa shape index (κ1) is 14.5. The molecule has 0 saturated carbocycles. The molecular weight excluding hydrogens is 232 g/mol. The van der Waals surface area contributed by atoms with Crippen LogP contribution in [0.25, 0.3) is 0 Å². The minimum Gasteiger partial charge on any atom is -0.372 e. The number of ketones is 1. The number of amides is 1. The van der Waals surface area contributed by atoms with E-state index in [4.69, 9.17) is 5.73 Å². The van der Waals surface area contributed by atoms with Gasteiger partial charge in [-0.15, -0.1) is 0 Å². The van der Waals surface area contributed by atoms with E-state index < -0.39 is 11.6 Å². The first-order valence-electron chi connectivity index (χ1n) is 6.14. The van der Waals surface area contributed by atoms with Gasteiger partial charge in [0, 0.05) is 24.7 Å². The van der Waals surface area contributed by atoms with Gasteiger partial charge in [0.25, 0.3) is 0 Å². The lowest BCUT2D eigenvalue weighted by Gasteiger charge is -2.26. The van der Waals surface area contributed by atoms with Crippen molar-refractivity contribution in [3.8, 4) is 0 Å². The Hall–Kier alpha value is -1.56. The largest absolute Gasteiger partial charge is 0.372 e. The Morgan fingerprint density at radius 3 is 2.72 bits per heavy atom. The second-order valence-electron chi connectivity index (χ2n) is 4.93. The molecule has 5 N–H and O–H groups in total. The van der Waals surface area contributed by atoms with Crippen molar-refractivity contribution >= 4 is 11.7 Å². The number of hydrogen-bond acceptors (Lipinski definition) is 5. The highest BCUT2D eigenvalue weighted by Gasteiger charge is 2.29. The van der Waals surface area contributed by atoms with Gasteiger partial charge in [0.05, 0.1) is 18.2 Å². The van der Waals surface area contributed by atoms with Crippen molar-refractivity contribution in [1.29, 1.82) is 0 Å². The Morgan fingerprint density at radius 2 is 2.22 bits per heavy atom. The van der Waals surface area contributed by atoms with E-state index in [-0.39, 0.29) is 11.7 Å². The van der Waals surface area contributed by atoms with Gasteiger partial charge in [0.1, 0.15) is 0 Å². The molecule has 0 spiro atoms. The number of nitrogens with two attached hydrogens (primary N) is 1. The van der Waals surface area contributed by atoms with Crippen LogP contribution in [0, 0.1) is 0 Å². The van der Waals surface area contributed by atoms with Crippen molar-refractivity contribution in [2.24, 2.45) is 5.73 Å². The Morgan fingerprint density at radius 1 is 1.56 bits per heavy atom. The summed E-state index contributed by atoms with van der Waals surface area (Å²) < 4.78 is 0. The van der Waals surface area contributed by atoms with E-state index in [1.54, 1.807) is 27.0 Å². The van der Waals surface area contributed by atoms with Crippen LogP contribution in [0.3, 0.4) is 0 Å². The molecule has 1 aliphatic heterocycles. The summed E-state index contributed by atoms with van der Waals surface area (Å²) in [6.45, 7) is 5.81. The number of rotatable bonds is 6. The number of carbonyl (C=O) groups excluding carboxylic acids is 2. The van der Waals surface area contributed by atoms with Crippen LogP contribution in [0.1, 0.15) is 33.6 Å². The van der Waals surface area contributed by atoms with Gasteiger partial charge >= 0.3 is 0 Å². The number of nitrogens with one attached hydrogen (secondary N) is 3. The molecule has 1 rings (SSSR count). The summed E-state index contributed by atoms with van der Waals surface area (Å²) in [6, 6.07) is -0.660. The van der Waals surface area contributed by atoms with Gasteiger partial charge in [-0.3, -0.25) is 9.59 Å². The molecule has 0 aromatic carbocycles. The van der Waals surface area contributed by atoms with Gasteiger partial charge in [-0.05, 0) is 13.8 Å². The van der Waals surface area contributed by atoms with Crippen molar-refractivity contribution in [1.82, 2.24) is 16.0 Å². The van der Waals surface area contributed by atoms with Gasteiger partial charge in [-0.1, -0.05) is 6.92 Å². The zero-order chi connectivity index (χ0) is 13.8. The maximum Gasteiger partial charge on any atom is 0.238 e. The fourth-order valence-electron chi connectivity index (χ4n) is 1.76. The Bertz CT molecular complexity index is 363. The Kier molecular flexibility index (Phi) is 4.72. The van der Waals surface area contributed by atoms with Gasteiger partial charge in [-0.2, -0.15) is 0 Å². The van der Waals surface area contributed by atoms with E-state index in [1.165, 1.54) is 0 Å². The summed E-state index contributed by atoms with van der Waals surface area (Å²) in [4.78, 5) is 23.5. The highest BCUT2D eigenvalue weighted by atomic mass is 16.2. The lowest BCUT2D eigenvalue weighted by Crippen LogP contribution is -2.54. The number of hydrogen-bond donors (Lipinski definition) is 4. The topological polar surface area (TPSA) is 96.2 Å². The number of carbonyl (C=O) groups is 2. The monoisotopic (exact) mass is 254 g/mol. The molecule has 1 atom stereocenters. The first-order valence-corrected chi connectivity index (χ1v) is 6.14. The zero-order valence-corrected chi connectivity index (χ0v) is 11.2. The van der Waals surface area contributed by atoms with Crippen LogP contribution in [0.4, 0.5) is 0 Å². The van der Waals surface area contributed by atoms with Gasteiger partial charge in [0.15, 0.2) is 5.78 Å².